The van der Waals surface area contributed by atoms with E-state index in [-0.39, 0.29) is 23.4 Å². The van der Waals surface area contributed by atoms with Crippen LogP contribution in [0.4, 0.5) is 0 Å². The second-order valence-electron chi connectivity index (χ2n) is 6.66. The molecule has 6 rings (SSSR count). The number of rotatable bonds is 1. The molecule has 0 saturated carbocycles. The molecular formula is C17H12O8. The number of hydrogen-bond acceptors (Lipinski definition) is 8. The number of fused-ring (bicyclic) bond motifs is 9. The van der Waals surface area contributed by atoms with Gasteiger partial charge in [0.1, 0.15) is 17.1 Å². The van der Waals surface area contributed by atoms with Crippen LogP contribution in [-0.2, 0) is 21.5 Å². The number of Topliss-reactive ketones (excluding diaryl/α,β-unsaturated/α-hetero) is 1. The van der Waals surface area contributed by atoms with Crippen molar-refractivity contribution in [3.63, 3.8) is 0 Å². The van der Waals surface area contributed by atoms with Crippen LogP contribution in [0.1, 0.15) is 27.9 Å². The molecule has 0 bridgehead atoms. The zero-order valence-corrected chi connectivity index (χ0v) is 13.0. The molecule has 1 aliphatic carbocycles. The van der Waals surface area contributed by atoms with Gasteiger partial charge >= 0.3 is 5.63 Å². The van der Waals surface area contributed by atoms with Gasteiger partial charge in [-0.2, -0.15) is 0 Å². The van der Waals surface area contributed by atoms with Crippen LogP contribution in [-0.4, -0.2) is 36.7 Å². The minimum atomic E-state index is -1.56. The molecule has 8 heteroatoms. The molecule has 25 heavy (non-hydrogen) atoms. The predicted molar refractivity (Wildman–Crippen MR) is 79.7 cm³/mol. The maximum Gasteiger partial charge on any atom is 0.347 e. The summed E-state index contributed by atoms with van der Waals surface area (Å²) in [7, 11) is 1.48. The fourth-order valence-electron chi connectivity index (χ4n) is 4.29. The second kappa shape index (κ2) is 4.04. The average molecular weight is 344 g/mol. The van der Waals surface area contributed by atoms with E-state index in [9.17, 15) is 14.7 Å². The van der Waals surface area contributed by atoms with E-state index in [1.54, 1.807) is 6.07 Å². The van der Waals surface area contributed by atoms with Gasteiger partial charge in [-0.25, -0.2) is 4.79 Å². The van der Waals surface area contributed by atoms with Crippen LogP contribution in [0.25, 0.3) is 11.0 Å². The van der Waals surface area contributed by atoms with Crippen LogP contribution >= 0.6 is 0 Å². The number of ketones is 1. The summed E-state index contributed by atoms with van der Waals surface area (Å²) < 4.78 is 27.4. The highest BCUT2D eigenvalue weighted by atomic mass is 16.9. The number of epoxide rings is 1. The van der Waals surface area contributed by atoms with E-state index in [2.05, 4.69) is 0 Å². The highest BCUT2D eigenvalue weighted by Crippen LogP contribution is 2.59. The van der Waals surface area contributed by atoms with Gasteiger partial charge in [0.15, 0.2) is 29.4 Å². The Kier molecular flexibility index (Phi) is 2.23. The molecule has 2 saturated heterocycles. The first-order valence-electron chi connectivity index (χ1n) is 7.98. The minimum Gasteiger partial charge on any atom is -0.496 e. The Morgan fingerprint density at radius 1 is 1.28 bits per heavy atom. The molecular weight excluding hydrogens is 332 g/mol. The van der Waals surface area contributed by atoms with Gasteiger partial charge in [0, 0.05) is 12.5 Å². The molecule has 1 aromatic carbocycles. The number of aryl methyl sites for hydroxylation is 1. The molecule has 8 nitrogen and oxygen atoms in total. The van der Waals surface area contributed by atoms with Crippen molar-refractivity contribution in [2.24, 2.45) is 0 Å². The number of ether oxygens (including phenoxy) is 4. The van der Waals surface area contributed by atoms with E-state index in [0.717, 1.165) is 0 Å². The summed E-state index contributed by atoms with van der Waals surface area (Å²) in [6.07, 6.45) is -1.35. The van der Waals surface area contributed by atoms with Crippen molar-refractivity contribution < 1.29 is 33.3 Å². The molecule has 128 valence electrons. The molecule has 2 fully saturated rings. The van der Waals surface area contributed by atoms with Crippen molar-refractivity contribution in [3.05, 3.63) is 33.2 Å². The highest BCUT2D eigenvalue weighted by molar-refractivity contribution is 6.06. The SMILES string of the molecule is COc1cc2c(c3oc(=O)c4c(c13)CCC4=O)[C@@]1(O)[C@H](O2)O[C@H]2O[C@@H]21. The average Bonchev–Trinajstić information content (AvgIpc) is 3.05. The molecule has 4 heterocycles. The molecule has 3 aliphatic heterocycles. The Bertz CT molecular complexity index is 1050. The summed E-state index contributed by atoms with van der Waals surface area (Å²) in [4.78, 5) is 24.5. The zero-order valence-electron chi connectivity index (χ0n) is 13.0. The van der Waals surface area contributed by atoms with E-state index in [1.807, 2.05) is 0 Å². The molecule has 4 aliphatic rings. The van der Waals surface area contributed by atoms with Gasteiger partial charge in [-0.15, -0.1) is 0 Å². The Hall–Kier alpha value is -2.42. The number of carbonyl (C=O) groups excluding carboxylic acids is 1. The Labute approximate surface area is 139 Å². The molecule has 1 N–H and O–H groups in total. The molecule has 0 unspecified atom stereocenters. The third kappa shape index (κ3) is 1.41. The van der Waals surface area contributed by atoms with Crippen LogP contribution in [0.3, 0.4) is 0 Å². The lowest BCUT2D eigenvalue weighted by atomic mass is 9.89. The molecule has 0 spiro atoms. The third-order valence-electron chi connectivity index (χ3n) is 5.45. The summed E-state index contributed by atoms with van der Waals surface area (Å²) in [5.41, 5.74) is -1.13. The van der Waals surface area contributed by atoms with Crippen molar-refractivity contribution in [3.8, 4) is 11.5 Å². The van der Waals surface area contributed by atoms with E-state index in [1.165, 1.54) is 7.11 Å². The zero-order chi connectivity index (χ0) is 17.1. The normalized spacial score (nSPS) is 33.7. The van der Waals surface area contributed by atoms with Crippen molar-refractivity contribution >= 4 is 16.8 Å². The van der Waals surface area contributed by atoms with Crippen LogP contribution in [0, 0.1) is 0 Å². The number of hydrogen-bond donors (Lipinski definition) is 1. The van der Waals surface area contributed by atoms with Crippen LogP contribution in [0.5, 0.6) is 11.5 Å². The quantitative estimate of drug-likeness (QED) is 0.592. The largest absolute Gasteiger partial charge is 0.496 e. The molecule has 2 aromatic rings. The smallest absolute Gasteiger partial charge is 0.347 e. The Morgan fingerprint density at radius 2 is 2.12 bits per heavy atom. The first-order valence-corrected chi connectivity index (χ1v) is 7.98. The lowest BCUT2D eigenvalue weighted by Crippen LogP contribution is -2.39. The third-order valence-corrected chi connectivity index (χ3v) is 5.45. The summed E-state index contributed by atoms with van der Waals surface area (Å²) in [5, 5.41) is 11.7. The van der Waals surface area contributed by atoms with Crippen LogP contribution in [0.15, 0.2) is 15.3 Å². The second-order valence-corrected chi connectivity index (χ2v) is 6.66. The highest BCUT2D eigenvalue weighted by Gasteiger charge is 2.73. The number of methoxy groups -OCH3 is 1. The topological polar surface area (TPSA) is 108 Å². The summed E-state index contributed by atoms with van der Waals surface area (Å²) >= 11 is 0. The Balaban J connectivity index is 1.77. The van der Waals surface area contributed by atoms with Crippen molar-refractivity contribution in [1.82, 2.24) is 0 Å². The number of benzene rings is 1. The fourth-order valence-corrected chi connectivity index (χ4v) is 4.29. The van der Waals surface area contributed by atoms with Gasteiger partial charge in [-0.1, -0.05) is 0 Å². The standard InChI is InChI=1S/C17H12O8/c1-21-7-4-8-11(17(20)13-15(24-13)25-16(17)22-8)12-10(7)5-2-3-6(18)9(5)14(19)23-12/h4,13,15-16,20H,2-3H2,1H3/t13-,15+,16+,17-/m0/s1. The molecule has 4 atom stereocenters. The lowest BCUT2D eigenvalue weighted by molar-refractivity contribution is -0.192. The van der Waals surface area contributed by atoms with Crippen molar-refractivity contribution in [2.45, 2.75) is 37.1 Å². The summed E-state index contributed by atoms with van der Waals surface area (Å²) in [5.74, 6) is 0.495. The monoisotopic (exact) mass is 344 g/mol. The molecule has 1 aromatic heterocycles. The number of carbonyl (C=O) groups is 1. The first kappa shape index (κ1) is 13.8. The Morgan fingerprint density at radius 3 is 2.92 bits per heavy atom. The molecule has 0 amide bonds. The summed E-state index contributed by atoms with van der Waals surface area (Å²) in [6, 6.07) is 1.62. The lowest BCUT2D eigenvalue weighted by Gasteiger charge is -2.21. The minimum absolute atomic E-state index is 0.0661. The van der Waals surface area contributed by atoms with Gasteiger partial charge in [-0.05, 0) is 12.0 Å². The van der Waals surface area contributed by atoms with E-state index in [4.69, 9.17) is 23.4 Å². The van der Waals surface area contributed by atoms with Crippen LogP contribution in [0.2, 0.25) is 0 Å². The maximum atomic E-state index is 12.4. The van der Waals surface area contributed by atoms with Crippen molar-refractivity contribution in [2.75, 3.05) is 7.11 Å². The van der Waals surface area contributed by atoms with Crippen LogP contribution < -0.4 is 15.1 Å². The van der Waals surface area contributed by atoms with Gasteiger partial charge in [0.2, 0.25) is 6.29 Å². The van der Waals surface area contributed by atoms with E-state index >= 15 is 0 Å². The predicted octanol–water partition coefficient (Wildman–Crippen LogP) is 0.592. The molecule has 0 radical (unpaired) electrons. The fraction of sp³-hybridized carbons (Fsp3) is 0.412. The van der Waals surface area contributed by atoms with Crippen molar-refractivity contribution in [1.29, 1.82) is 0 Å². The van der Waals surface area contributed by atoms with Gasteiger partial charge in [-0.3, -0.25) is 4.79 Å². The number of aliphatic hydroxyl groups is 1. The summed E-state index contributed by atoms with van der Waals surface area (Å²) in [6.45, 7) is 0. The van der Waals surface area contributed by atoms with Gasteiger partial charge in [0.05, 0.1) is 18.1 Å². The first-order chi connectivity index (χ1) is 12.0. The van der Waals surface area contributed by atoms with E-state index < -0.39 is 29.9 Å². The maximum absolute atomic E-state index is 12.4. The van der Waals surface area contributed by atoms with Gasteiger partial charge < -0.3 is 28.5 Å². The van der Waals surface area contributed by atoms with Gasteiger partial charge in [0.25, 0.3) is 0 Å². The van der Waals surface area contributed by atoms with E-state index in [0.29, 0.717) is 34.4 Å².